The number of aromatic nitrogens is 3. The van der Waals surface area contributed by atoms with Crippen molar-refractivity contribution >= 4 is 45.1 Å². The number of fused-ring (bicyclic) bond motifs is 2. The summed E-state index contributed by atoms with van der Waals surface area (Å²) in [7, 11) is 0. The number of benzene rings is 3. The number of carbonyl (C=O) groups is 2. The first kappa shape index (κ1) is 25.6. The number of hydrogen-bond acceptors (Lipinski definition) is 6. The van der Waals surface area contributed by atoms with Gasteiger partial charge in [0.15, 0.2) is 5.82 Å². The molecule has 3 heterocycles. The number of rotatable bonds is 4. The molecule has 2 amide bonds. The zero-order valence-corrected chi connectivity index (χ0v) is 22.8. The van der Waals surface area contributed by atoms with Crippen LogP contribution < -0.4 is 20.3 Å². The van der Waals surface area contributed by atoms with Gasteiger partial charge in [-0.25, -0.2) is 4.39 Å². The predicted molar refractivity (Wildman–Crippen MR) is 153 cm³/mol. The van der Waals surface area contributed by atoms with Gasteiger partial charge in [0.2, 0.25) is 10.9 Å². The average molecular weight is 554 g/mol. The van der Waals surface area contributed by atoms with Gasteiger partial charge >= 0.3 is 0 Å². The SMILES string of the molecule is CC(C)(C)c1ccc(-c2nc3s/c(=C4\C(=O)N(CC(=O)Nc5ccc(F)cc5)c5ccccc54)c(=O)n3n2)cc1. The van der Waals surface area contributed by atoms with E-state index in [1.54, 1.807) is 24.3 Å². The molecule has 0 saturated heterocycles. The van der Waals surface area contributed by atoms with Crippen molar-refractivity contribution in [1.29, 1.82) is 0 Å². The molecule has 0 radical (unpaired) electrons. The van der Waals surface area contributed by atoms with Crippen molar-refractivity contribution in [2.24, 2.45) is 0 Å². The first-order chi connectivity index (χ1) is 19.1. The Kier molecular flexibility index (Phi) is 6.07. The van der Waals surface area contributed by atoms with Crippen LogP contribution in [0.5, 0.6) is 0 Å². The summed E-state index contributed by atoms with van der Waals surface area (Å²) in [5.41, 5.74) is 3.23. The van der Waals surface area contributed by atoms with Crippen molar-refractivity contribution in [3.05, 3.63) is 105 Å². The molecule has 5 aromatic rings. The molecule has 6 rings (SSSR count). The van der Waals surface area contributed by atoms with Crippen LogP contribution in [0.4, 0.5) is 15.8 Å². The second-order valence-corrected chi connectivity index (χ2v) is 11.5. The topological polar surface area (TPSA) is 96.7 Å². The lowest BCUT2D eigenvalue weighted by molar-refractivity contribution is -0.118. The predicted octanol–water partition coefficient (Wildman–Crippen LogP) is 4.16. The lowest BCUT2D eigenvalue weighted by Gasteiger charge is -2.18. The molecule has 0 spiro atoms. The number of amides is 2. The Bertz CT molecular complexity index is 1900. The van der Waals surface area contributed by atoms with E-state index in [-0.39, 0.29) is 22.1 Å². The fourth-order valence-electron chi connectivity index (χ4n) is 4.66. The fourth-order valence-corrected chi connectivity index (χ4v) is 5.66. The highest BCUT2D eigenvalue weighted by Gasteiger charge is 2.35. The number of carbonyl (C=O) groups excluding carboxylic acids is 2. The molecule has 0 saturated carbocycles. The Morgan fingerprint density at radius 1 is 0.975 bits per heavy atom. The van der Waals surface area contributed by atoms with Gasteiger partial charge in [0.25, 0.3) is 11.5 Å². The Balaban J connectivity index is 1.35. The number of nitrogens with zero attached hydrogens (tertiary/aromatic N) is 4. The first-order valence-electron chi connectivity index (χ1n) is 12.6. The van der Waals surface area contributed by atoms with E-state index in [1.807, 2.05) is 24.3 Å². The number of para-hydroxylation sites is 1. The molecule has 200 valence electrons. The van der Waals surface area contributed by atoms with Gasteiger partial charge in [0, 0.05) is 16.8 Å². The lowest BCUT2D eigenvalue weighted by atomic mass is 9.87. The van der Waals surface area contributed by atoms with Crippen LogP contribution in [0.1, 0.15) is 31.9 Å². The highest BCUT2D eigenvalue weighted by Crippen LogP contribution is 2.35. The van der Waals surface area contributed by atoms with Crippen molar-refractivity contribution in [3.8, 4) is 11.4 Å². The van der Waals surface area contributed by atoms with E-state index in [0.29, 0.717) is 27.7 Å². The largest absolute Gasteiger partial charge is 0.325 e. The van der Waals surface area contributed by atoms with Gasteiger partial charge in [-0.2, -0.15) is 9.50 Å². The van der Waals surface area contributed by atoms with Crippen LogP contribution in [0.15, 0.2) is 77.6 Å². The molecule has 8 nitrogen and oxygen atoms in total. The van der Waals surface area contributed by atoms with E-state index in [2.05, 4.69) is 36.2 Å². The van der Waals surface area contributed by atoms with E-state index < -0.39 is 23.2 Å². The maximum Gasteiger partial charge on any atom is 0.291 e. The molecule has 0 atom stereocenters. The van der Waals surface area contributed by atoms with E-state index in [4.69, 9.17) is 0 Å². The van der Waals surface area contributed by atoms with Crippen LogP contribution in [0.2, 0.25) is 0 Å². The van der Waals surface area contributed by atoms with Crippen LogP contribution in [-0.4, -0.2) is 33.0 Å². The van der Waals surface area contributed by atoms with Crippen LogP contribution in [0.3, 0.4) is 0 Å². The molecular formula is C30H24FN5O3S. The van der Waals surface area contributed by atoms with Gasteiger partial charge in [0.1, 0.15) is 16.9 Å². The summed E-state index contributed by atoms with van der Waals surface area (Å²) in [6.45, 7) is 6.13. The Hall–Kier alpha value is -4.70. The Labute approximate surface area is 232 Å². The van der Waals surface area contributed by atoms with Gasteiger partial charge in [-0.1, -0.05) is 74.6 Å². The average Bonchev–Trinajstić information content (AvgIpc) is 3.56. The molecule has 40 heavy (non-hydrogen) atoms. The van der Waals surface area contributed by atoms with Crippen molar-refractivity contribution in [3.63, 3.8) is 0 Å². The summed E-state index contributed by atoms with van der Waals surface area (Å²) in [4.78, 5) is 46.1. The standard InChI is InChI=1S/C30H24FN5O3S/c1-30(2,3)18-10-8-17(9-11-18)26-33-29-36(34-26)28(39)25(40-29)24-21-6-4-5-7-22(21)35(27(24)38)16-23(37)32-20-14-12-19(31)13-15-20/h4-15H,16H2,1-3H3,(H,32,37)/b25-24-. The van der Waals surface area contributed by atoms with E-state index >= 15 is 0 Å². The van der Waals surface area contributed by atoms with Crippen molar-refractivity contribution in [1.82, 2.24) is 14.6 Å². The lowest BCUT2D eigenvalue weighted by Crippen LogP contribution is -2.37. The molecule has 1 aliphatic rings. The third-order valence-corrected chi connectivity index (χ3v) is 7.78. The minimum Gasteiger partial charge on any atom is -0.325 e. The third kappa shape index (κ3) is 4.46. The summed E-state index contributed by atoms with van der Waals surface area (Å²) in [6.07, 6.45) is 0. The summed E-state index contributed by atoms with van der Waals surface area (Å²) in [5, 5.41) is 7.11. The number of thiazole rings is 1. The van der Waals surface area contributed by atoms with Gasteiger partial charge in [-0.15, -0.1) is 5.10 Å². The molecule has 1 N–H and O–H groups in total. The van der Waals surface area contributed by atoms with Crippen molar-refractivity contribution in [2.45, 2.75) is 26.2 Å². The summed E-state index contributed by atoms with van der Waals surface area (Å²) in [6, 6.07) is 20.3. The summed E-state index contributed by atoms with van der Waals surface area (Å²) in [5.74, 6) is -0.910. The Morgan fingerprint density at radius 3 is 2.35 bits per heavy atom. The van der Waals surface area contributed by atoms with E-state index in [9.17, 15) is 18.8 Å². The number of hydrogen-bond donors (Lipinski definition) is 1. The first-order valence-corrected chi connectivity index (χ1v) is 13.4. The minimum absolute atomic E-state index is 0.00838. The smallest absolute Gasteiger partial charge is 0.291 e. The van der Waals surface area contributed by atoms with Gasteiger partial charge in [-0.3, -0.25) is 19.3 Å². The number of anilines is 2. The van der Waals surface area contributed by atoms with Crippen LogP contribution in [0, 0.1) is 5.82 Å². The van der Waals surface area contributed by atoms with Crippen LogP contribution >= 0.6 is 11.3 Å². The summed E-state index contributed by atoms with van der Waals surface area (Å²) < 4.78 is 14.7. The van der Waals surface area contributed by atoms with Crippen molar-refractivity contribution < 1.29 is 14.0 Å². The van der Waals surface area contributed by atoms with E-state index in [1.165, 1.54) is 39.2 Å². The van der Waals surface area contributed by atoms with Gasteiger partial charge in [-0.05, 0) is 41.3 Å². The highest BCUT2D eigenvalue weighted by atomic mass is 32.1. The maximum atomic E-state index is 13.6. The molecule has 0 unspecified atom stereocenters. The van der Waals surface area contributed by atoms with Crippen molar-refractivity contribution in [2.75, 3.05) is 16.8 Å². The minimum atomic E-state index is -0.463. The third-order valence-electron chi connectivity index (χ3n) is 6.75. The second kappa shape index (κ2) is 9.49. The number of nitrogens with one attached hydrogen (secondary N) is 1. The molecule has 0 aliphatic carbocycles. The zero-order valence-electron chi connectivity index (χ0n) is 21.9. The molecule has 1 aliphatic heterocycles. The van der Waals surface area contributed by atoms with Crippen LogP contribution in [-0.2, 0) is 15.0 Å². The van der Waals surface area contributed by atoms with E-state index in [0.717, 1.165) is 16.9 Å². The maximum absolute atomic E-state index is 13.6. The molecule has 10 heteroatoms. The quantitative estimate of drug-likeness (QED) is 0.361. The Morgan fingerprint density at radius 2 is 1.68 bits per heavy atom. The molecule has 2 aromatic heterocycles. The normalized spacial score (nSPS) is 14.6. The monoisotopic (exact) mass is 553 g/mol. The van der Waals surface area contributed by atoms with Gasteiger partial charge in [0.05, 0.1) is 11.3 Å². The second-order valence-electron chi connectivity index (χ2n) is 10.5. The molecular weight excluding hydrogens is 529 g/mol. The molecule has 3 aromatic carbocycles. The summed E-state index contributed by atoms with van der Waals surface area (Å²) >= 11 is 1.09. The van der Waals surface area contributed by atoms with Gasteiger partial charge < -0.3 is 5.32 Å². The molecule has 0 fully saturated rings. The van der Waals surface area contributed by atoms with Crippen LogP contribution in [0.25, 0.3) is 21.9 Å². The fraction of sp³-hybridized carbons (Fsp3) is 0.167. The number of halogens is 1. The zero-order chi connectivity index (χ0) is 28.2. The highest BCUT2D eigenvalue weighted by molar-refractivity contribution is 7.15. The molecule has 0 bridgehead atoms.